The highest BCUT2D eigenvalue weighted by Gasteiger charge is 2.48. The molecule has 130 valence electrons. The second kappa shape index (κ2) is 6.88. The van der Waals surface area contributed by atoms with Gasteiger partial charge in [0.25, 0.3) is 5.91 Å². The third kappa shape index (κ3) is 3.54. The number of amides is 3. The number of aryl methyl sites for hydroxylation is 1. The summed E-state index contributed by atoms with van der Waals surface area (Å²) in [5, 5.41) is 2.80. The summed E-state index contributed by atoms with van der Waals surface area (Å²) in [7, 11) is 0. The van der Waals surface area contributed by atoms with E-state index in [-0.39, 0.29) is 19.1 Å². The van der Waals surface area contributed by atoms with Crippen LogP contribution in [0, 0.1) is 6.92 Å². The molecule has 1 fully saturated rings. The van der Waals surface area contributed by atoms with Crippen LogP contribution in [0.25, 0.3) is 0 Å². The number of rotatable bonds is 5. The summed E-state index contributed by atoms with van der Waals surface area (Å²) in [6, 6.07) is 14.6. The minimum Gasteiger partial charge on any atom is -0.492 e. The first-order chi connectivity index (χ1) is 11.9. The summed E-state index contributed by atoms with van der Waals surface area (Å²) in [6.07, 6.45) is 0. The lowest BCUT2D eigenvalue weighted by Crippen LogP contribution is -2.41. The van der Waals surface area contributed by atoms with Gasteiger partial charge in [-0.1, -0.05) is 45.8 Å². The molecule has 1 aliphatic rings. The van der Waals surface area contributed by atoms with E-state index in [1.54, 1.807) is 6.92 Å². The van der Waals surface area contributed by atoms with Gasteiger partial charge >= 0.3 is 6.03 Å². The highest BCUT2D eigenvalue weighted by molar-refractivity contribution is 9.10. The Hall–Kier alpha value is -2.34. The van der Waals surface area contributed by atoms with Crippen LogP contribution >= 0.6 is 15.9 Å². The van der Waals surface area contributed by atoms with E-state index < -0.39 is 11.6 Å². The molecule has 0 spiro atoms. The molecule has 0 radical (unpaired) electrons. The fraction of sp³-hybridized carbons (Fsp3) is 0.263. The van der Waals surface area contributed by atoms with Crippen LogP contribution in [0.15, 0.2) is 53.0 Å². The molecule has 1 heterocycles. The molecule has 2 aromatic rings. The third-order valence-corrected chi connectivity index (χ3v) is 4.83. The number of nitrogens with zero attached hydrogens (tertiary/aromatic N) is 1. The largest absolute Gasteiger partial charge is 0.492 e. The van der Waals surface area contributed by atoms with Gasteiger partial charge in [0.2, 0.25) is 0 Å². The number of nitrogens with one attached hydrogen (secondary N) is 1. The van der Waals surface area contributed by atoms with Gasteiger partial charge in [0.15, 0.2) is 0 Å². The molecule has 0 saturated carbocycles. The molecule has 6 heteroatoms. The number of benzene rings is 2. The van der Waals surface area contributed by atoms with Gasteiger partial charge in [0, 0.05) is 4.47 Å². The van der Waals surface area contributed by atoms with Crippen molar-refractivity contribution in [1.82, 2.24) is 10.2 Å². The average molecular weight is 403 g/mol. The second-order valence-corrected chi connectivity index (χ2v) is 7.10. The van der Waals surface area contributed by atoms with Crippen molar-refractivity contribution in [2.24, 2.45) is 0 Å². The Morgan fingerprint density at radius 3 is 2.36 bits per heavy atom. The maximum Gasteiger partial charge on any atom is 0.325 e. The zero-order chi connectivity index (χ0) is 18.0. The van der Waals surface area contributed by atoms with Crippen molar-refractivity contribution in [3.8, 4) is 5.75 Å². The highest BCUT2D eigenvalue weighted by atomic mass is 79.9. The van der Waals surface area contributed by atoms with E-state index in [0.717, 1.165) is 15.6 Å². The van der Waals surface area contributed by atoms with Crippen LogP contribution in [0.1, 0.15) is 18.1 Å². The number of hydrogen-bond donors (Lipinski definition) is 1. The van der Waals surface area contributed by atoms with E-state index in [1.807, 2.05) is 55.5 Å². The molecule has 1 aliphatic heterocycles. The molecule has 0 aromatic heterocycles. The Balaban J connectivity index is 1.66. The van der Waals surface area contributed by atoms with Crippen molar-refractivity contribution < 1.29 is 14.3 Å². The molecule has 0 aliphatic carbocycles. The number of ether oxygens (including phenoxy) is 1. The number of halogens is 1. The lowest BCUT2D eigenvalue weighted by Gasteiger charge is -2.22. The summed E-state index contributed by atoms with van der Waals surface area (Å²) in [5.74, 6) is 0.428. The Kier molecular flexibility index (Phi) is 4.81. The number of urea groups is 1. The number of hydrogen-bond acceptors (Lipinski definition) is 3. The SMILES string of the molecule is Cc1ccc(C2(C)NC(=O)N(CCOc3ccc(Br)cc3)C2=O)cc1. The van der Waals surface area contributed by atoms with Crippen LogP contribution in [0.4, 0.5) is 4.79 Å². The molecule has 1 saturated heterocycles. The van der Waals surface area contributed by atoms with Crippen molar-refractivity contribution in [3.05, 3.63) is 64.1 Å². The molecular weight excluding hydrogens is 384 g/mol. The summed E-state index contributed by atoms with van der Waals surface area (Å²) >= 11 is 3.36. The molecule has 2 aromatic carbocycles. The molecular formula is C19H19BrN2O3. The number of carbonyl (C=O) groups is 2. The lowest BCUT2D eigenvalue weighted by atomic mass is 9.91. The van der Waals surface area contributed by atoms with Crippen LogP contribution in [0.5, 0.6) is 5.75 Å². The first-order valence-corrected chi connectivity index (χ1v) is 8.79. The molecule has 1 atom stereocenters. The summed E-state index contributed by atoms with van der Waals surface area (Å²) in [4.78, 5) is 26.3. The third-order valence-electron chi connectivity index (χ3n) is 4.30. The monoisotopic (exact) mass is 402 g/mol. The van der Waals surface area contributed by atoms with E-state index in [0.29, 0.717) is 5.75 Å². The van der Waals surface area contributed by atoms with Gasteiger partial charge < -0.3 is 10.1 Å². The van der Waals surface area contributed by atoms with Gasteiger partial charge in [-0.2, -0.15) is 0 Å². The normalized spacial score (nSPS) is 19.9. The lowest BCUT2D eigenvalue weighted by molar-refractivity contribution is -0.131. The van der Waals surface area contributed by atoms with Crippen LogP contribution < -0.4 is 10.1 Å². The maximum absolute atomic E-state index is 12.8. The maximum atomic E-state index is 12.8. The summed E-state index contributed by atoms with van der Waals surface area (Å²) < 4.78 is 6.58. The van der Waals surface area contributed by atoms with Gasteiger partial charge in [0.1, 0.15) is 17.9 Å². The van der Waals surface area contributed by atoms with Crippen LogP contribution in [-0.2, 0) is 10.3 Å². The van der Waals surface area contributed by atoms with Crippen LogP contribution in [-0.4, -0.2) is 30.0 Å². The predicted molar refractivity (Wildman–Crippen MR) is 98.4 cm³/mol. The van der Waals surface area contributed by atoms with E-state index in [9.17, 15) is 9.59 Å². The zero-order valence-electron chi connectivity index (χ0n) is 14.1. The van der Waals surface area contributed by atoms with Crippen molar-refractivity contribution >= 4 is 27.9 Å². The molecule has 1 N–H and O–H groups in total. The van der Waals surface area contributed by atoms with Gasteiger partial charge in [-0.15, -0.1) is 0 Å². The van der Waals surface area contributed by atoms with Crippen LogP contribution in [0.2, 0.25) is 0 Å². The fourth-order valence-corrected chi connectivity index (χ4v) is 3.03. The summed E-state index contributed by atoms with van der Waals surface area (Å²) in [6.45, 7) is 4.15. The van der Waals surface area contributed by atoms with Crippen molar-refractivity contribution in [2.75, 3.05) is 13.2 Å². The standard InChI is InChI=1S/C19H19BrN2O3/c1-13-3-5-14(6-4-13)19(2)17(23)22(18(24)21-19)11-12-25-16-9-7-15(20)8-10-16/h3-10H,11-12H2,1-2H3,(H,21,24). The molecule has 1 unspecified atom stereocenters. The van der Waals surface area contributed by atoms with Gasteiger partial charge in [-0.25, -0.2) is 4.79 Å². The van der Waals surface area contributed by atoms with E-state index >= 15 is 0 Å². The molecule has 0 bridgehead atoms. The predicted octanol–water partition coefficient (Wildman–Crippen LogP) is 3.60. The average Bonchev–Trinajstić information content (AvgIpc) is 2.81. The van der Waals surface area contributed by atoms with Crippen molar-refractivity contribution in [3.63, 3.8) is 0 Å². The Labute approximate surface area is 155 Å². The minimum absolute atomic E-state index is 0.197. The number of carbonyl (C=O) groups excluding carboxylic acids is 2. The zero-order valence-corrected chi connectivity index (χ0v) is 15.7. The van der Waals surface area contributed by atoms with Crippen molar-refractivity contribution in [1.29, 1.82) is 0 Å². The highest BCUT2D eigenvalue weighted by Crippen LogP contribution is 2.29. The topological polar surface area (TPSA) is 58.6 Å². The Bertz CT molecular complexity index is 789. The minimum atomic E-state index is -1.04. The molecule has 3 amide bonds. The van der Waals surface area contributed by atoms with E-state index in [4.69, 9.17) is 4.74 Å². The van der Waals surface area contributed by atoms with Gasteiger partial charge in [-0.05, 0) is 43.7 Å². The second-order valence-electron chi connectivity index (χ2n) is 6.18. The first-order valence-electron chi connectivity index (χ1n) is 8.00. The smallest absolute Gasteiger partial charge is 0.325 e. The fourth-order valence-electron chi connectivity index (χ4n) is 2.77. The van der Waals surface area contributed by atoms with Gasteiger partial charge in [0.05, 0.1) is 6.54 Å². The van der Waals surface area contributed by atoms with Crippen LogP contribution in [0.3, 0.4) is 0 Å². The number of imide groups is 1. The Morgan fingerprint density at radius 1 is 1.08 bits per heavy atom. The first kappa shape index (κ1) is 17.5. The molecule has 5 nitrogen and oxygen atoms in total. The summed E-state index contributed by atoms with van der Waals surface area (Å²) in [5.41, 5.74) is 0.833. The molecule has 25 heavy (non-hydrogen) atoms. The quantitative estimate of drug-likeness (QED) is 0.777. The Morgan fingerprint density at radius 2 is 1.72 bits per heavy atom. The van der Waals surface area contributed by atoms with Crippen molar-refractivity contribution in [2.45, 2.75) is 19.4 Å². The van der Waals surface area contributed by atoms with Gasteiger partial charge in [-0.3, -0.25) is 9.69 Å². The van der Waals surface area contributed by atoms with E-state index in [1.165, 1.54) is 4.90 Å². The molecule has 3 rings (SSSR count). The van der Waals surface area contributed by atoms with E-state index in [2.05, 4.69) is 21.2 Å².